The molecule has 1 aromatic rings. The van der Waals surface area contributed by atoms with Gasteiger partial charge in [0.25, 0.3) is 5.88 Å². The average molecular weight is 272 g/mol. The van der Waals surface area contributed by atoms with Crippen molar-refractivity contribution in [3.8, 4) is 5.88 Å². The summed E-state index contributed by atoms with van der Waals surface area (Å²) < 4.78 is 5.39. The van der Waals surface area contributed by atoms with Gasteiger partial charge in [0.05, 0.1) is 11.5 Å². The van der Waals surface area contributed by atoms with Crippen molar-refractivity contribution in [2.24, 2.45) is 5.92 Å². The molecule has 0 atom stereocenters. The van der Waals surface area contributed by atoms with E-state index in [1.807, 2.05) is 0 Å². The van der Waals surface area contributed by atoms with Crippen LogP contribution in [0.3, 0.4) is 0 Å². The highest BCUT2D eigenvalue weighted by molar-refractivity contribution is 6.28. The van der Waals surface area contributed by atoms with Crippen LogP contribution >= 0.6 is 11.6 Å². The monoisotopic (exact) mass is 271 g/mol. The lowest BCUT2D eigenvalue weighted by Crippen LogP contribution is -2.15. The molecule has 1 heterocycles. The molecule has 6 nitrogen and oxygen atoms in total. The lowest BCUT2D eigenvalue weighted by Gasteiger charge is -2.24. The van der Waals surface area contributed by atoms with E-state index < -0.39 is 4.92 Å². The molecule has 0 bridgehead atoms. The maximum absolute atomic E-state index is 10.9. The first-order valence-electron chi connectivity index (χ1n) is 5.89. The fourth-order valence-electron chi connectivity index (χ4n) is 1.92. The van der Waals surface area contributed by atoms with Crippen LogP contribution in [0.15, 0.2) is 0 Å². The van der Waals surface area contributed by atoms with Gasteiger partial charge in [0.15, 0.2) is 0 Å². The summed E-state index contributed by atoms with van der Waals surface area (Å²) in [6.45, 7) is 1.95. The third-order valence-electron chi connectivity index (χ3n) is 3.17. The van der Waals surface area contributed by atoms with Crippen LogP contribution in [0.4, 0.5) is 5.69 Å². The van der Waals surface area contributed by atoms with E-state index in [0.29, 0.717) is 12.5 Å². The molecule has 1 fully saturated rings. The quantitative estimate of drug-likeness (QED) is 0.467. The van der Waals surface area contributed by atoms with Crippen molar-refractivity contribution >= 4 is 17.3 Å². The van der Waals surface area contributed by atoms with E-state index in [4.69, 9.17) is 16.3 Å². The maximum Gasteiger partial charge on any atom is 0.352 e. The van der Waals surface area contributed by atoms with Gasteiger partial charge >= 0.3 is 5.69 Å². The van der Waals surface area contributed by atoms with Gasteiger partial charge in [-0.05, 0) is 30.9 Å². The number of ether oxygens (including phenoxy) is 1. The van der Waals surface area contributed by atoms with Crippen molar-refractivity contribution in [1.82, 2.24) is 9.97 Å². The molecular formula is C11H14ClN3O3. The number of rotatable bonds is 5. The molecule has 1 saturated carbocycles. The Hall–Kier alpha value is -1.43. The van der Waals surface area contributed by atoms with Gasteiger partial charge < -0.3 is 4.74 Å². The van der Waals surface area contributed by atoms with E-state index in [1.165, 1.54) is 26.2 Å². The first-order chi connectivity index (χ1) is 8.58. The Kier molecular flexibility index (Phi) is 3.96. The predicted molar refractivity (Wildman–Crippen MR) is 65.9 cm³/mol. The third-order valence-corrected chi connectivity index (χ3v) is 3.34. The largest absolute Gasteiger partial charge is 0.473 e. The van der Waals surface area contributed by atoms with Gasteiger partial charge in [0.1, 0.15) is 5.69 Å². The van der Waals surface area contributed by atoms with E-state index in [1.54, 1.807) is 0 Å². The Labute approximate surface area is 109 Å². The van der Waals surface area contributed by atoms with E-state index >= 15 is 0 Å². The molecule has 1 aliphatic carbocycles. The van der Waals surface area contributed by atoms with Crippen LogP contribution in [0.2, 0.25) is 5.28 Å². The SMILES string of the molecule is Cc1nc(Cl)nc(OCCC2CCC2)c1[N+](=O)[O-]. The van der Waals surface area contributed by atoms with E-state index in [0.717, 1.165) is 6.42 Å². The maximum atomic E-state index is 10.9. The first kappa shape index (κ1) is 13.0. The number of nitrogens with zero attached hydrogens (tertiary/aromatic N) is 3. The van der Waals surface area contributed by atoms with Crippen molar-refractivity contribution in [3.05, 3.63) is 21.1 Å². The van der Waals surface area contributed by atoms with Crippen molar-refractivity contribution in [3.63, 3.8) is 0 Å². The van der Waals surface area contributed by atoms with Crippen molar-refractivity contribution < 1.29 is 9.66 Å². The fourth-order valence-corrected chi connectivity index (χ4v) is 2.13. The molecular weight excluding hydrogens is 258 g/mol. The first-order valence-corrected chi connectivity index (χ1v) is 6.27. The second kappa shape index (κ2) is 5.48. The average Bonchev–Trinajstić information content (AvgIpc) is 2.19. The molecule has 0 spiro atoms. The van der Waals surface area contributed by atoms with Gasteiger partial charge in [-0.1, -0.05) is 19.3 Å². The molecule has 7 heteroatoms. The van der Waals surface area contributed by atoms with Gasteiger partial charge in [-0.3, -0.25) is 10.1 Å². The normalized spacial score (nSPS) is 15.2. The van der Waals surface area contributed by atoms with Crippen LogP contribution in [-0.2, 0) is 0 Å². The number of nitro groups is 1. The summed E-state index contributed by atoms with van der Waals surface area (Å²) in [5, 5.41) is 10.9. The number of aryl methyl sites for hydroxylation is 1. The third kappa shape index (κ3) is 2.87. The summed E-state index contributed by atoms with van der Waals surface area (Å²) in [5.41, 5.74) is 0.0200. The Morgan fingerprint density at radius 3 is 2.78 bits per heavy atom. The lowest BCUT2D eigenvalue weighted by molar-refractivity contribution is -0.387. The van der Waals surface area contributed by atoms with Gasteiger partial charge in [-0.15, -0.1) is 0 Å². The minimum atomic E-state index is -0.537. The summed E-state index contributed by atoms with van der Waals surface area (Å²) in [6.07, 6.45) is 4.60. The van der Waals surface area contributed by atoms with Crippen LogP contribution in [0.1, 0.15) is 31.4 Å². The lowest BCUT2D eigenvalue weighted by atomic mass is 9.83. The molecule has 0 aliphatic heterocycles. The van der Waals surface area contributed by atoms with Crippen molar-refractivity contribution in [1.29, 1.82) is 0 Å². The zero-order valence-corrected chi connectivity index (χ0v) is 10.8. The standard InChI is InChI=1S/C11H14ClN3O3/c1-7-9(15(16)17)10(14-11(12)13-7)18-6-5-8-3-2-4-8/h8H,2-6H2,1H3. The zero-order chi connectivity index (χ0) is 13.1. The molecule has 0 aromatic carbocycles. The van der Waals surface area contributed by atoms with Crippen LogP contribution in [0.5, 0.6) is 5.88 Å². The zero-order valence-electron chi connectivity index (χ0n) is 10.1. The second-order valence-electron chi connectivity index (χ2n) is 4.42. The van der Waals surface area contributed by atoms with Gasteiger partial charge in [-0.2, -0.15) is 4.98 Å². The molecule has 2 rings (SSSR count). The van der Waals surface area contributed by atoms with Crippen LogP contribution in [0, 0.1) is 23.0 Å². The molecule has 0 amide bonds. The smallest absolute Gasteiger partial charge is 0.352 e. The topological polar surface area (TPSA) is 78.2 Å². The number of hydrogen-bond donors (Lipinski definition) is 0. The second-order valence-corrected chi connectivity index (χ2v) is 4.76. The molecule has 0 unspecified atom stereocenters. The van der Waals surface area contributed by atoms with Gasteiger partial charge in [-0.25, -0.2) is 4.98 Å². The van der Waals surface area contributed by atoms with Gasteiger partial charge in [0.2, 0.25) is 5.28 Å². The van der Waals surface area contributed by atoms with E-state index in [2.05, 4.69) is 9.97 Å². The summed E-state index contributed by atoms with van der Waals surface area (Å²) in [6, 6.07) is 0. The minimum absolute atomic E-state index is 0.0307. The molecule has 0 saturated heterocycles. The van der Waals surface area contributed by atoms with Crippen LogP contribution in [0.25, 0.3) is 0 Å². The Bertz CT molecular complexity index is 463. The minimum Gasteiger partial charge on any atom is -0.473 e. The van der Waals surface area contributed by atoms with Gasteiger partial charge in [0, 0.05) is 0 Å². The molecule has 1 aliphatic rings. The number of halogens is 1. The Balaban J connectivity index is 2.07. The highest BCUT2D eigenvalue weighted by Gasteiger charge is 2.24. The summed E-state index contributed by atoms with van der Waals surface area (Å²) in [7, 11) is 0. The highest BCUT2D eigenvalue weighted by atomic mass is 35.5. The molecule has 0 radical (unpaired) electrons. The van der Waals surface area contributed by atoms with Crippen LogP contribution < -0.4 is 4.74 Å². The Morgan fingerprint density at radius 2 is 2.22 bits per heavy atom. The number of aromatic nitrogens is 2. The van der Waals surface area contributed by atoms with Crippen molar-refractivity contribution in [2.45, 2.75) is 32.6 Å². The summed E-state index contributed by atoms with van der Waals surface area (Å²) in [4.78, 5) is 17.9. The molecule has 98 valence electrons. The molecule has 0 N–H and O–H groups in total. The van der Waals surface area contributed by atoms with Crippen LogP contribution in [-0.4, -0.2) is 21.5 Å². The van der Waals surface area contributed by atoms with E-state index in [9.17, 15) is 10.1 Å². The number of hydrogen-bond acceptors (Lipinski definition) is 5. The summed E-state index contributed by atoms with van der Waals surface area (Å²) in [5.74, 6) is 0.652. The molecule has 1 aromatic heterocycles. The van der Waals surface area contributed by atoms with E-state index in [-0.39, 0.29) is 22.5 Å². The predicted octanol–water partition coefficient (Wildman–Crippen LogP) is 2.92. The fraction of sp³-hybridized carbons (Fsp3) is 0.636. The Morgan fingerprint density at radius 1 is 1.50 bits per heavy atom. The summed E-state index contributed by atoms with van der Waals surface area (Å²) >= 11 is 5.68. The van der Waals surface area contributed by atoms with Crippen molar-refractivity contribution in [2.75, 3.05) is 6.61 Å². The highest BCUT2D eigenvalue weighted by Crippen LogP contribution is 2.31. The molecule has 18 heavy (non-hydrogen) atoms.